The zero-order valence-corrected chi connectivity index (χ0v) is 24.4. The number of ether oxygens (including phenoxy) is 2. The van der Waals surface area contributed by atoms with Crippen LogP contribution in [-0.4, -0.2) is 76.0 Å². The van der Waals surface area contributed by atoms with Crippen molar-refractivity contribution in [2.75, 3.05) is 26.4 Å². The van der Waals surface area contributed by atoms with Crippen molar-refractivity contribution in [3.8, 4) is 11.5 Å². The van der Waals surface area contributed by atoms with Gasteiger partial charge in [-0.15, -0.1) is 16.6 Å². The summed E-state index contributed by atoms with van der Waals surface area (Å²) in [6, 6.07) is 5.61. The molecule has 222 valence electrons. The van der Waals surface area contributed by atoms with Gasteiger partial charge < -0.3 is 35.2 Å². The van der Waals surface area contributed by atoms with Gasteiger partial charge in [0.25, 0.3) is 0 Å². The molecule has 2 aliphatic heterocycles. The Morgan fingerprint density at radius 2 is 2.02 bits per heavy atom. The van der Waals surface area contributed by atoms with Crippen LogP contribution in [0.3, 0.4) is 0 Å². The predicted molar refractivity (Wildman–Crippen MR) is 159 cm³/mol. The van der Waals surface area contributed by atoms with Crippen LogP contribution in [0.5, 0.6) is 11.5 Å². The molecule has 3 rings (SSSR count). The number of phenolic OH excluding ortho intramolecular Hbond substituents is 1. The van der Waals surface area contributed by atoms with Crippen molar-refractivity contribution in [3.05, 3.63) is 59.2 Å². The lowest BCUT2D eigenvalue weighted by Gasteiger charge is -2.24. The van der Waals surface area contributed by atoms with E-state index in [1.807, 2.05) is 24.4 Å². The molecule has 2 aliphatic rings. The zero-order valence-electron chi connectivity index (χ0n) is 24.4. The van der Waals surface area contributed by atoms with Crippen LogP contribution < -0.4 is 10.1 Å². The highest BCUT2D eigenvalue weighted by molar-refractivity contribution is 5.83. The molecule has 0 saturated heterocycles. The maximum Gasteiger partial charge on any atom is 0.178 e. The molecule has 1 unspecified atom stereocenters. The molecule has 1 aromatic carbocycles. The Balaban J connectivity index is 1.48. The third-order valence-electron chi connectivity index (χ3n) is 7.62. The molecule has 0 aliphatic carbocycles. The van der Waals surface area contributed by atoms with E-state index in [0.29, 0.717) is 31.7 Å². The number of aliphatic hydroxyl groups is 5. The number of unbranched alkanes of at least 4 members (excludes halogenated alkanes) is 1. The highest BCUT2D eigenvalue weighted by Crippen LogP contribution is 2.32. The third kappa shape index (κ3) is 9.85. The van der Waals surface area contributed by atoms with E-state index < -0.39 is 6.10 Å². The Hall–Kier alpha value is -2.49. The number of hydrogen-bond donors (Lipinski definition) is 5. The summed E-state index contributed by atoms with van der Waals surface area (Å²) in [5, 5.41) is 42.4. The predicted octanol–water partition coefficient (Wildman–Crippen LogP) is 3.94. The quantitative estimate of drug-likeness (QED) is 0.130. The van der Waals surface area contributed by atoms with Gasteiger partial charge in [-0.3, -0.25) is 0 Å². The van der Waals surface area contributed by atoms with Crippen molar-refractivity contribution in [1.82, 2.24) is 5.32 Å². The second-order valence-corrected chi connectivity index (χ2v) is 11.0. The summed E-state index contributed by atoms with van der Waals surface area (Å²) in [5.74, 6) is 1.88. The number of benzene rings is 1. The second kappa shape index (κ2) is 16.7. The van der Waals surface area contributed by atoms with Crippen LogP contribution in [-0.2, 0) is 6.42 Å². The number of phenols is 1. The molecule has 0 aromatic heterocycles. The molecule has 40 heavy (non-hydrogen) atoms. The fraction of sp³-hybridized carbons (Fsp3) is 0.594. The first-order chi connectivity index (χ1) is 19.3. The number of nitrogens with one attached hydrogen (secondary N) is 1. The Morgan fingerprint density at radius 1 is 1.20 bits per heavy atom. The molecular weight excluding hydrogens is 508 g/mol. The van der Waals surface area contributed by atoms with Gasteiger partial charge in [0.1, 0.15) is 30.9 Å². The number of rotatable bonds is 19. The van der Waals surface area contributed by atoms with Crippen LogP contribution in [0, 0.1) is 17.9 Å². The summed E-state index contributed by atoms with van der Waals surface area (Å²) >= 11 is 0. The molecule has 0 saturated carbocycles. The van der Waals surface area contributed by atoms with E-state index in [4.69, 9.17) is 9.47 Å². The van der Waals surface area contributed by atoms with Crippen molar-refractivity contribution < 1.29 is 29.9 Å². The minimum atomic E-state index is -0.431. The van der Waals surface area contributed by atoms with E-state index >= 15 is 0 Å². The number of allylic oxidation sites excluding steroid dienone is 1. The molecule has 8 nitrogen and oxygen atoms in total. The van der Waals surface area contributed by atoms with Gasteiger partial charge in [-0.2, -0.15) is 0 Å². The summed E-state index contributed by atoms with van der Waals surface area (Å²) in [4.78, 5) is 4.57. The van der Waals surface area contributed by atoms with Gasteiger partial charge in [-0.05, 0) is 63.6 Å². The van der Waals surface area contributed by atoms with Crippen LogP contribution in [0.15, 0.2) is 46.6 Å². The van der Waals surface area contributed by atoms with Gasteiger partial charge in [0.2, 0.25) is 0 Å². The van der Waals surface area contributed by atoms with E-state index in [2.05, 4.69) is 30.2 Å². The summed E-state index contributed by atoms with van der Waals surface area (Å²) in [5.41, 5.74) is 3.00. The lowest BCUT2D eigenvalue weighted by atomic mass is 9.86. The first-order valence-corrected chi connectivity index (χ1v) is 14.8. The molecular formula is C32H49N2O6+. The number of aliphatic imine (C=N–C) groups is 1. The minimum Gasteiger partial charge on any atom is -0.504 e. The molecule has 4 atom stereocenters. The lowest BCUT2D eigenvalue weighted by Crippen LogP contribution is -2.41. The minimum absolute atomic E-state index is 0.0569. The third-order valence-corrected chi connectivity index (χ3v) is 7.62. The largest absolute Gasteiger partial charge is 0.504 e. The van der Waals surface area contributed by atoms with Crippen molar-refractivity contribution in [1.29, 1.82) is 0 Å². The molecule has 0 radical (unpaired) electrons. The fourth-order valence-electron chi connectivity index (χ4n) is 5.14. The first kappa shape index (κ1) is 32.0. The van der Waals surface area contributed by atoms with E-state index in [9.17, 15) is 20.4 Å². The first-order valence-electron chi connectivity index (χ1n) is 14.8. The van der Waals surface area contributed by atoms with Crippen LogP contribution in [0.2, 0.25) is 0 Å². The Labute approximate surface area is 239 Å². The Morgan fingerprint density at radius 3 is 2.75 bits per heavy atom. The summed E-state index contributed by atoms with van der Waals surface area (Å²) in [6.45, 7) is 7.16. The molecule has 0 bridgehead atoms. The number of nitrogens with zero attached hydrogens (tertiary/aromatic N) is 1. The fourth-order valence-corrected chi connectivity index (χ4v) is 5.14. The SMILES string of the molecule is CCCCC1[OH+][C-](CCc2ccc(O)c(OCCC3=C[C+]([C@H](C)[C@H](CCCO)NC[C@H](C)O)C=N3)c2)C=C1CO. The molecule has 6 N–H and O–H groups in total. The Kier molecular flexibility index (Phi) is 13.4. The van der Waals surface area contributed by atoms with E-state index in [0.717, 1.165) is 67.4 Å². The number of hydrogen-bond acceptors (Lipinski definition) is 7. The van der Waals surface area contributed by atoms with Crippen molar-refractivity contribution >= 4 is 6.21 Å². The average molecular weight is 558 g/mol. The normalized spacial score (nSPS) is 19.1. The van der Waals surface area contributed by atoms with Crippen molar-refractivity contribution in [2.24, 2.45) is 10.9 Å². The smallest absolute Gasteiger partial charge is 0.178 e. The standard InChI is InChI=1S/C32H48N2O6/c1-4-5-8-31-26(21-36)18-28(40-31)11-9-24-10-12-30(38)32(16-24)39-15-13-27-17-25(20-33-27)23(3)29(7-6-14-35)34-19-22(2)37/h10,12,16-18,20,22-23,29,31,34-37,40H,4-9,11,13-15,19,21H2,1-3H3/p+1/t22-,23-,29-,31?/m0/s1. The lowest BCUT2D eigenvalue weighted by molar-refractivity contribution is -0.0550. The van der Waals surface area contributed by atoms with Gasteiger partial charge in [0.15, 0.2) is 17.2 Å². The molecule has 0 spiro atoms. The molecule has 0 amide bonds. The van der Waals surface area contributed by atoms with Gasteiger partial charge in [-0.1, -0.05) is 19.4 Å². The van der Waals surface area contributed by atoms with Gasteiger partial charge in [-0.25, -0.2) is 0 Å². The molecule has 1 aromatic rings. The number of aryl methyl sites for hydroxylation is 1. The maximum absolute atomic E-state index is 10.3. The van der Waals surface area contributed by atoms with Crippen molar-refractivity contribution in [2.45, 2.75) is 90.4 Å². The number of aromatic hydroxyl groups is 1. The molecule has 2 heterocycles. The van der Waals surface area contributed by atoms with Crippen molar-refractivity contribution in [3.63, 3.8) is 0 Å². The molecule has 0 fully saturated rings. The summed E-state index contributed by atoms with van der Waals surface area (Å²) in [6.07, 6.45) is 13.6. The number of aliphatic hydroxyl groups excluding tert-OH is 3. The second-order valence-electron chi connectivity index (χ2n) is 11.0. The summed E-state index contributed by atoms with van der Waals surface area (Å²) < 4.78 is 10.8. The van der Waals surface area contributed by atoms with Crippen LogP contribution in [0.25, 0.3) is 0 Å². The van der Waals surface area contributed by atoms with Crippen LogP contribution >= 0.6 is 0 Å². The van der Waals surface area contributed by atoms with E-state index in [1.54, 1.807) is 13.0 Å². The summed E-state index contributed by atoms with van der Waals surface area (Å²) in [7, 11) is 0. The van der Waals surface area contributed by atoms with Gasteiger partial charge in [0, 0.05) is 32.2 Å². The van der Waals surface area contributed by atoms with E-state index in [1.165, 1.54) is 0 Å². The Bertz CT molecular complexity index is 992. The van der Waals surface area contributed by atoms with Crippen LogP contribution in [0.1, 0.15) is 71.3 Å². The highest BCUT2D eigenvalue weighted by atomic mass is 16.5. The molecule has 8 heteroatoms. The maximum atomic E-state index is 10.3. The van der Waals surface area contributed by atoms with Gasteiger partial charge in [0.05, 0.1) is 24.5 Å². The van der Waals surface area contributed by atoms with E-state index in [-0.39, 0.29) is 37.0 Å². The topological polar surface area (TPSA) is 127 Å². The van der Waals surface area contributed by atoms with Crippen LogP contribution in [0.4, 0.5) is 0 Å². The monoisotopic (exact) mass is 557 g/mol. The van der Waals surface area contributed by atoms with Gasteiger partial charge >= 0.3 is 0 Å². The highest BCUT2D eigenvalue weighted by Gasteiger charge is 2.33. The average Bonchev–Trinajstić information content (AvgIpc) is 3.58. The zero-order chi connectivity index (χ0) is 28.9.